The Balaban J connectivity index is 1.94. The van der Waals surface area contributed by atoms with Crippen molar-refractivity contribution in [2.45, 2.75) is 10.6 Å². The third-order valence-corrected chi connectivity index (χ3v) is 4.61. The van der Waals surface area contributed by atoms with E-state index in [0.29, 0.717) is 5.56 Å². The molecule has 0 aliphatic rings. The minimum Gasteiger partial charge on any atom is -0.258 e. The fourth-order valence-electron chi connectivity index (χ4n) is 2.45. The lowest BCUT2D eigenvalue weighted by atomic mass is 9.99. The predicted octanol–water partition coefficient (Wildman–Crippen LogP) is 5.55. The second-order valence-electron chi connectivity index (χ2n) is 5.03. The van der Waals surface area contributed by atoms with Gasteiger partial charge in [-0.2, -0.15) is 0 Å². The molecule has 0 aromatic heterocycles. The van der Waals surface area contributed by atoms with Crippen molar-refractivity contribution in [3.63, 3.8) is 0 Å². The van der Waals surface area contributed by atoms with Crippen LogP contribution >= 0.6 is 11.8 Å². The molecule has 0 unspecified atom stereocenters. The summed E-state index contributed by atoms with van der Waals surface area (Å²) in [6.45, 7) is 0. The highest BCUT2D eigenvalue weighted by Gasteiger charge is 2.16. The number of nitrogens with zero attached hydrogens (tertiary/aromatic N) is 1. The Morgan fingerprint density at radius 1 is 0.783 bits per heavy atom. The van der Waals surface area contributed by atoms with E-state index in [1.165, 1.54) is 4.90 Å². The van der Waals surface area contributed by atoms with Gasteiger partial charge < -0.3 is 0 Å². The third kappa shape index (κ3) is 3.60. The standard InChI is InChI=1S/C19H15NO2S/c21-20(22)19-13-7-6-12-18(19)17-11-5-4-8-15(17)14-23-16-9-2-1-3-10-16/h1-13H,14H2. The lowest BCUT2D eigenvalue weighted by Crippen LogP contribution is -1.94. The molecule has 0 heterocycles. The van der Waals surface area contributed by atoms with E-state index in [1.54, 1.807) is 23.9 Å². The average molecular weight is 321 g/mol. The van der Waals surface area contributed by atoms with E-state index in [1.807, 2.05) is 54.6 Å². The van der Waals surface area contributed by atoms with Crippen LogP contribution in [0.2, 0.25) is 0 Å². The molecule has 3 rings (SSSR count). The topological polar surface area (TPSA) is 43.1 Å². The number of nitro benzene ring substituents is 1. The lowest BCUT2D eigenvalue weighted by Gasteiger charge is -2.10. The summed E-state index contributed by atoms with van der Waals surface area (Å²) in [5.74, 6) is 0.770. The molecule has 0 atom stereocenters. The second kappa shape index (κ2) is 7.11. The molecular formula is C19H15NO2S. The molecule has 0 saturated heterocycles. The number of rotatable bonds is 5. The van der Waals surface area contributed by atoms with Crippen molar-refractivity contribution >= 4 is 17.4 Å². The molecule has 23 heavy (non-hydrogen) atoms. The first-order chi connectivity index (χ1) is 11.3. The van der Waals surface area contributed by atoms with E-state index in [-0.39, 0.29) is 10.6 Å². The Labute approximate surface area is 139 Å². The second-order valence-corrected chi connectivity index (χ2v) is 6.08. The predicted molar refractivity (Wildman–Crippen MR) is 94.5 cm³/mol. The molecule has 0 radical (unpaired) electrons. The monoisotopic (exact) mass is 321 g/mol. The van der Waals surface area contributed by atoms with Crippen molar-refractivity contribution in [3.05, 3.63) is 94.5 Å². The fraction of sp³-hybridized carbons (Fsp3) is 0.0526. The minimum atomic E-state index is -0.323. The highest BCUT2D eigenvalue weighted by Crippen LogP contribution is 2.34. The third-order valence-electron chi connectivity index (χ3n) is 3.55. The maximum absolute atomic E-state index is 11.3. The van der Waals surface area contributed by atoms with Crippen molar-refractivity contribution in [3.8, 4) is 11.1 Å². The van der Waals surface area contributed by atoms with Gasteiger partial charge in [0.2, 0.25) is 0 Å². The zero-order chi connectivity index (χ0) is 16.1. The zero-order valence-corrected chi connectivity index (χ0v) is 13.2. The zero-order valence-electron chi connectivity index (χ0n) is 12.4. The van der Waals surface area contributed by atoms with E-state index in [4.69, 9.17) is 0 Å². The summed E-state index contributed by atoms with van der Waals surface area (Å²) >= 11 is 1.73. The highest BCUT2D eigenvalue weighted by atomic mass is 32.2. The Bertz CT molecular complexity index is 818. The van der Waals surface area contributed by atoms with Crippen LogP contribution in [0.3, 0.4) is 0 Å². The van der Waals surface area contributed by atoms with Crippen LogP contribution in [0.1, 0.15) is 5.56 Å². The molecule has 114 valence electrons. The molecule has 3 aromatic rings. The van der Waals surface area contributed by atoms with Gasteiger partial charge in [0.05, 0.1) is 10.5 Å². The van der Waals surface area contributed by atoms with Crippen molar-refractivity contribution in [2.24, 2.45) is 0 Å². The molecule has 0 aliphatic heterocycles. The van der Waals surface area contributed by atoms with Gasteiger partial charge in [-0.05, 0) is 29.3 Å². The molecule has 3 aromatic carbocycles. The molecule has 0 amide bonds. The Hall–Kier alpha value is -2.59. The van der Waals surface area contributed by atoms with E-state index >= 15 is 0 Å². The van der Waals surface area contributed by atoms with Gasteiger partial charge in [0, 0.05) is 16.7 Å². The first-order valence-corrected chi connectivity index (χ1v) is 8.24. The summed E-state index contributed by atoms with van der Waals surface area (Å²) in [4.78, 5) is 12.1. The van der Waals surface area contributed by atoms with Crippen molar-refractivity contribution in [1.82, 2.24) is 0 Å². The minimum absolute atomic E-state index is 0.143. The smallest absolute Gasteiger partial charge is 0.258 e. The Kier molecular flexibility index (Phi) is 4.74. The highest BCUT2D eigenvalue weighted by molar-refractivity contribution is 7.98. The SMILES string of the molecule is O=[N+]([O-])c1ccccc1-c1ccccc1CSc1ccccc1. The van der Waals surface area contributed by atoms with Crippen LogP contribution in [0.4, 0.5) is 5.69 Å². The largest absolute Gasteiger partial charge is 0.277 e. The van der Waals surface area contributed by atoms with Gasteiger partial charge >= 0.3 is 0 Å². The lowest BCUT2D eigenvalue weighted by molar-refractivity contribution is -0.384. The number of hydrogen-bond acceptors (Lipinski definition) is 3. The summed E-state index contributed by atoms with van der Waals surface area (Å²) in [6, 6.07) is 24.9. The average Bonchev–Trinajstić information content (AvgIpc) is 2.61. The number of benzene rings is 3. The number of para-hydroxylation sites is 1. The Morgan fingerprint density at radius 2 is 1.39 bits per heavy atom. The molecule has 3 nitrogen and oxygen atoms in total. The van der Waals surface area contributed by atoms with Gasteiger partial charge in [-0.1, -0.05) is 54.6 Å². The number of thioether (sulfide) groups is 1. The number of hydrogen-bond donors (Lipinski definition) is 0. The molecule has 0 fully saturated rings. The maximum atomic E-state index is 11.3. The molecular weight excluding hydrogens is 306 g/mol. The number of nitro groups is 1. The molecule has 4 heteroatoms. The molecule has 0 aliphatic carbocycles. The molecule has 0 spiro atoms. The maximum Gasteiger partial charge on any atom is 0.277 e. The van der Waals surface area contributed by atoms with Crippen LogP contribution in [-0.4, -0.2) is 4.92 Å². The van der Waals surface area contributed by atoms with Crippen LogP contribution in [0.5, 0.6) is 0 Å². The fourth-order valence-corrected chi connectivity index (χ4v) is 3.37. The quantitative estimate of drug-likeness (QED) is 0.351. The first-order valence-electron chi connectivity index (χ1n) is 7.25. The van der Waals surface area contributed by atoms with Gasteiger partial charge in [-0.3, -0.25) is 10.1 Å². The molecule has 0 N–H and O–H groups in total. The van der Waals surface area contributed by atoms with Gasteiger partial charge in [-0.25, -0.2) is 0 Å². The van der Waals surface area contributed by atoms with Crippen LogP contribution in [0, 0.1) is 10.1 Å². The van der Waals surface area contributed by atoms with Gasteiger partial charge in [0.15, 0.2) is 0 Å². The molecule has 0 saturated carbocycles. The van der Waals surface area contributed by atoms with E-state index < -0.39 is 0 Å². The summed E-state index contributed by atoms with van der Waals surface area (Å²) in [5, 5.41) is 11.3. The van der Waals surface area contributed by atoms with Gasteiger partial charge in [0.25, 0.3) is 5.69 Å². The summed E-state index contributed by atoms with van der Waals surface area (Å²) in [5.41, 5.74) is 2.82. The van der Waals surface area contributed by atoms with Crippen LogP contribution in [0.25, 0.3) is 11.1 Å². The van der Waals surface area contributed by atoms with E-state index in [2.05, 4.69) is 12.1 Å². The van der Waals surface area contributed by atoms with Crippen LogP contribution < -0.4 is 0 Å². The van der Waals surface area contributed by atoms with Gasteiger partial charge in [0.1, 0.15) is 0 Å². The van der Waals surface area contributed by atoms with Crippen molar-refractivity contribution in [2.75, 3.05) is 0 Å². The van der Waals surface area contributed by atoms with E-state index in [9.17, 15) is 10.1 Å². The summed E-state index contributed by atoms with van der Waals surface area (Å²) in [7, 11) is 0. The van der Waals surface area contributed by atoms with Gasteiger partial charge in [-0.15, -0.1) is 11.8 Å². The van der Waals surface area contributed by atoms with Crippen LogP contribution in [-0.2, 0) is 5.75 Å². The molecule has 0 bridgehead atoms. The van der Waals surface area contributed by atoms with E-state index in [0.717, 1.165) is 16.9 Å². The van der Waals surface area contributed by atoms with Crippen LogP contribution in [0.15, 0.2) is 83.8 Å². The summed E-state index contributed by atoms with van der Waals surface area (Å²) in [6.07, 6.45) is 0. The first kappa shape index (κ1) is 15.3. The van der Waals surface area contributed by atoms with Crippen molar-refractivity contribution < 1.29 is 4.92 Å². The van der Waals surface area contributed by atoms with Crippen molar-refractivity contribution in [1.29, 1.82) is 0 Å². The normalized spacial score (nSPS) is 10.4. The summed E-state index contributed by atoms with van der Waals surface area (Å²) < 4.78 is 0. The Morgan fingerprint density at radius 3 is 2.13 bits per heavy atom.